The molecule has 3 rings (SSSR count). The normalized spacial score (nSPS) is 22.0. The Balaban J connectivity index is 1.49. The molecule has 1 N–H and O–H groups in total. The molecular formula is C20H32N4O2. The lowest BCUT2D eigenvalue weighted by atomic mass is 10.1. The SMILES string of the molecule is CCNC(=NCc1ncccc1C)N1CCC(OCC2CCCO2)CC1. The van der Waals surface area contributed by atoms with Crippen molar-refractivity contribution < 1.29 is 9.47 Å². The average molecular weight is 361 g/mol. The van der Waals surface area contributed by atoms with Gasteiger partial charge in [0, 0.05) is 32.4 Å². The fourth-order valence-electron chi connectivity index (χ4n) is 3.51. The van der Waals surface area contributed by atoms with Crippen molar-refractivity contribution in [2.24, 2.45) is 4.99 Å². The van der Waals surface area contributed by atoms with Crippen LogP contribution >= 0.6 is 0 Å². The van der Waals surface area contributed by atoms with Crippen molar-refractivity contribution in [1.82, 2.24) is 15.2 Å². The quantitative estimate of drug-likeness (QED) is 0.624. The zero-order valence-corrected chi connectivity index (χ0v) is 16.1. The molecule has 2 aliphatic rings. The van der Waals surface area contributed by atoms with E-state index >= 15 is 0 Å². The molecule has 0 saturated carbocycles. The summed E-state index contributed by atoms with van der Waals surface area (Å²) in [5.41, 5.74) is 2.23. The van der Waals surface area contributed by atoms with Crippen LogP contribution in [0.25, 0.3) is 0 Å². The van der Waals surface area contributed by atoms with E-state index in [9.17, 15) is 0 Å². The van der Waals surface area contributed by atoms with E-state index in [1.54, 1.807) is 0 Å². The molecule has 0 aromatic carbocycles. The Morgan fingerprint density at radius 3 is 2.92 bits per heavy atom. The van der Waals surface area contributed by atoms with E-state index in [2.05, 4.69) is 35.1 Å². The van der Waals surface area contributed by atoms with Gasteiger partial charge in [-0.2, -0.15) is 0 Å². The van der Waals surface area contributed by atoms with Crippen LogP contribution in [0.2, 0.25) is 0 Å². The summed E-state index contributed by atoms with van der Waals surface area (Å²) >= 11 is 0. The van der Waals surface area contributed by atoms with E-state index in [0.717, 1.165) is 63.8 Å². The number of hydrogen-bond acceptors (Lipinski definition) is 4. The molecule has 1 aromatic rings. The average Bonchev–Trinajstić information content (AvgIpc) is 3.19. The van der Waals surface area contributed by atoms with Crippen LogP contribution in [-0.4, -0.2) is 60.9 Å². The lowest BCUT2D eigenvalue weighted by Crippen LogP contribution is -2.47. The van der Waals surface area contributed by atoms with Gasteiger partial charge in [-0.25, -0.2) is 4.99 Å². The summed E-state index contributed by atoms with van der Waals surface area (Å²) in [5.74, 6) is 0.982. The third-order valence-electron chi connectivity index (χ3n) is 5.11. The Labute approximate surface area is 157 Å². The molecule has 0 aliphatic carbocycles. The Morgan fingerprint density at radius 2 is 2.23 bits per heavy atom. The first-order valence-electron chi connectivity index (χ1n) is 9.93. The van der Waals surface area contributed by atoms with Crippen LogP contribution in [0.3, 0.4) is 0 Å². The van der Waals surface area contributed by atoms with Gasteiger partial charge in [-0.1, -0.05) is 6.07 Å². The van der Waals surface area contributed by atoms with Gasteiger partial charge in [0.05, 0.1) is 31.1 Å². The van der Waals surface area contributed by atoms with Crippen LogP contribution in [0, 0.1) is 6.92 Å². The van der Waals surface area contributed by atoms with Crippen molar-refractivity contribution in [2.45, 2.75) is 58.3 Å². The zero-order chi connectivity index (χ0) is 18.2. The van der Waals surface area contributed by atoms with Gasteiger partial charge in [-0.05, 0) is 51.2 Å². The first-order valence-corrected chi connectivity index (χ1v) is 9.93. The molecule has 0 spiro atoms. The molecule has 6 heteroatoms. The number of nitrogens with one attached hydrogen (secondary N) is 1. The van der Waals surface area contributed by atoms with Crippen molar-refractivity contribution in [3.8, 4) is 0 Å². The Bertz CT molecular complexity index is 579. The van der Waals surface area contributed by atoms with Gasteiger partial charge >= 0.3 is 0 Å². The van der Waals surface area contributed by atoms with Crippen molar-refractivity contribution in [2.75, 3.05) is 32.8 Å². The molecule has 2 saturated heterocycles. The van der Waals surface area contributed by atoms with Gasteiger partial charge in [0.15, 0.2) is 5.96 Å². The number of ether oxygens (including phenoxy) is 2. The fraction of sp³-hybridized carbons (Fsp3) is 0.700. The minimum atomic E-state index is 0.313. The van der Waals surface area contributed by atoms with E-state index in [-0.39, 0.29) is 0 Å². The monoisotopic (exact) mass is 360 g/mol. The fourth-order valence-corrected chi connectivity index (χ4v) is 3.51. The topological polar surface area (TPSA) is 59.0 Å². The third kappa shape index (κ3) is 5.42. The molecule has 6 nitrogen and oxygen atoms in total. The number of aliphatic imine (C=N–C) groups is 1. The second-order valence-corrected chi connectivity index (χ2v) is 7.09. The number of pyridine rings is 1. The van der Waals surface area contributed by atoms with E-state index in [1.807, 2.05) is 12.3 Å². The highest BCUT2D eigenvalue weighted by atomic mass is 16.5. The molecule has 0 amide bonds. The first kappa shape index (κ1) is 19.1. The summed E-state index contributed by atoms with van der Waals surface area (Å²) in [4.78, 5) is 11.6. The second-order valence-electron chi connectivity index (χ2n) is 7.09. The summed E-state index contributed by atoms with van der Waals surface area (Å²) in [6.45, 7) is 9.27. The van der Waals surface area contributed by atoms with Gasteiger partial charge in [0.1, 0.15) is 0 Å². The molecule has 1 atom stereocenters. The Kier molecular flexibility index (Phi) is 7.26. The molecule has 0 bridgehead atoms. The standard InChI is InChI=1S/C20H32N4O2/c1-3-21-20(23-14-19-16(2)6-4-10-22-19)24-11-8-17(9-12-24)26-15-18-7-5-13-25-18/h4,6,10,17-18H,3,5,7-9,11-15H2,1-2H3,(H,21,23). The van der Waals surface area contributed by atoms with Crippen LogP contribution in [0.1, 0.15) is 43.9 Å². The van der Waals surface area contributed by atoms with Gasteiger partial charge in [-0.3, -0.25) is 4.98 Å². The van der Waals surface area contributed by atoms with Gasteiger partial charge in [0.25, 0.3) is 0 Å². The van der Waals surface area contributed by atoms with Gasteiger partial charge in [0.2, 0.25) is 0 Å². The Morgan fingerprint density at radius 1 is 1.38 bits per heavy atom. The molecule has 3 heterocycles. The number of guanidine groups is 1. The molecule has 2 aliphatic heterocycles. The highest BCUT2D eigenvalue weighted by Crippen LogP contribution is 2.18. The van der Waals surface area contributed by atoms with E-state index in [4.69, 9.17) is 14.5 Å². The maximum atomic E-state index is 6.08. The molecule has 1 unspecified atom stereocenters. The summed E-state index contributed by atoms with van der Waals surface area (Å²) in [6, 6.07) is 4.05. The molecule has 0 radical (unpaired) electrons. The molecule has 2 fully saturated rings. The predicted octanol–water partition coefficient (Wildman–Crippen LogP) is 2.52. The van der Waals surface area contributed by atoms with Crippen molar-refractivity contribution >= 4 is 5.96 Å². The van der Waals surface area contributed by atoms with E-state index in [0.29, 0.717) is 18.8 Å². The van der Waals surface area contributed by atoms with Crippen LogP contribution in [0.5, 0.6) is 0 Å². The van der Waals surface area contributed by atoms with Crippen molar-refractivity contribution in [1.29, 1.82) is 0 Å². The molecule has 144 valence electrons. The highest BCUT2D eigenvalue weighted by molar-refractivity contribution is 5.80. The summed E-state index contributed by atoms with van der Waals surface area (Å²) in [7, 11) is 0. The Hall–Kier alpha value is -1.66. The number of aromatic nitrogens is 1. The lowest BCUT2D eigenvalue weighted by molar-refractivity contribution is -0.0367. The van der Waals surface area contributed by atoms with Crippen LogP contribution in [0.15, 0.2) is 23.3 Å². The van der Waals surface area contributed by atoms with E-state index in [1.165, 1.54) is 12.0 Å². The van der Waals surface area contributed by atoms with Gasteiger partial charge < -0.3 is 19.7 Å². The number of aryl methyl sites for hydroxylation is 1. The first-order chi connectivity index (χ1) is 12.8. The summed E-state index contributed by atoms with van der Waals surface area (Å²) < 4.78 is 11.7. The van der Waals surface area contributed by atoms with Crippen LogP contribution in [0.4, 0.5) is 0 Å². The van der Waals surface area contributed by atoms with Crippen LogP contribution in [-0.2, 0) is 16.0 Å². The lowest BCUT2D eigenvalue weighted by Gasteiger charge is -2.34. The highest BCUT2D eigenvalue weighted by Gasteiger charge is 2.24. The minimum Gasteiger partial charge on any atom is -0.376 e. The molecule has 1 aromatic heterocycles. The van der Waals surface area contributed by atoms with Crippen molar-refractivity contribution in [3.05, 3.63) is 29.6 Å². The third-order valence-corrected chi connectivity index (χ3v) is 5.11. The molecular weight excluding hydrogens is 328 g/mol. The minimum absolute atomic E-state index is 0.313. The number of hydrogen-bond donors (Lipinski definition) is 1. The largest absolute Gasteiger partial charge is 0.376 e. The van der Waals surface area contributed by atoms with E-state index < -0.39 is 0 Å². The van der Waals surface area contributed by atoms with Crippen LogP contribution < -0.4 is 5.32 Å². The van der Waals surface area contributed by atoms with Crippen molar-refractivity contribution in [3.63, 3.8) is 0 Å². The van der Waals surface area contributed by atoms with Gasteiger partial charge in [-0.15, -0.1) is 0 Å². The second kappa shape index (κ2) is 9.88. The molecule has 26 heavy (non-hydrogen) atoms. The summed E-state index contributed by atoms with van der Waals surface area (Å²) in [6.07, 6.45) is 6.89. The number of nitrogens with zero attached hydrogens (tertiary/aromatic N) is 3. The summed E-state index contributed by atoms with van der Waals surface area (Å²) in [5, 5.41) is 3.42. The maximum Gasteiger partial charge on any atom is 0.194 e. The maximum absolute atomic E-state index is 6.08. The number of rotatable bonds is 6. The smallest absolute Gasteiger partial charge is 0.194 e. The number of likely N-dealkylation sites (tertiary alicyclic amines) is 1. The zero-order valence-electron chi connectivity index (χ0n) is 16.1. The predicted molar refractivity (Wildman–Crippen MR) is 103 cm³/mol. The number of piperidine rings is 1.